The highest BCUT2D eigenvalue weighted by molar-refractivity contribution is 5.67. The molecule has 0 radical (unpaired) electrons. The minimum Gasteiger partial charge on any atom is -0.446 e. The topological polar surface area (TPSA) is 86.5 Å². The molecule has 1 aliphatic rings. The fraction of sp³-hybridized carbons (Fsp3) is 0.438. The number of carbonyl (C=O) groups is 1. The van der Waals surface area contributed by atoms with Crippen LogP contribution in [-0.4, -0.2) is 35.6 Å². The smallest absolute Gasteiger partial charge is 0.446 e. The van der Waals surface area contributed by atoms with Crippen molar-refractivity contribution in [2.45, 2.75) is 31.7 Å². The van der Waals surface area contributed by atoms with Gasteiger partial charge in [-0.15, -0.1) is 0 Å². The fourth-order valence-corrected chi connectivity index (χ4v) is 2.39. The SMILES string of the molecule is O=C(NCc1ccc(-c2noc(C(F)(F)F)n2)cc1)OC1CCOCC1. The van der Waals surface area contributed by atoms with Gasteiger partial charge in [-0.05, 0) is 5.56 Å². The zero-order valence-electron chi connectivity index (χ0n) is 13.6. The third-order valence-electron chi connectivity index (χ3n) is 3.76. The lowest BCUT2D eigenvalue weighted by Gasteiger charge is -2.22. The third-order valence-corrected chi connectivity index (χ3v) is 3.76. The Balaban J connectivity index is 1.52. The standard InChI is InChI=1S/C16H16F3N3O4/c17-16(18,19)14-21-13(22-26-14)11-3-1-10(2-4-11)9-20-15(23)25-12-5-7-24-8-6-12/h1-4,12H,5-9H2,(H,20,23). The van der Waals surface area contributed by atoms with Gasteiger partial charge in [0.2, 0.25) is 5.82 Å². The van der Waals surface area contributed by atoms with Crippen LogP contribution in [0.2, 0.25) is 0 Å². The molecular weight excluding hydrogens is 355 g/mol. The number of hydrogen-bond acceptors (Lipinski definition) is 6. The summed E-state index contributed by atoms with van der Waals surface area (Å²) < 4.78 is 52.1. The largest absolute Gasteiger partial charge is 0.471 e. The second kappa shape index (κ2) is 7.73. The number of alkyl carbamates (subject to hydrolysis) is 1. The Labute approximate surface area is 146 Å². The molecule has 1 amide bonds. The lowest BCUT2D eigenvalue weighted by atomic mass is 10.1. The molecule has 3 rings (SSSR count). The maximum absolute atomic E-state index is 12.5. The number of rotatable bonds is 4. The molecule has 1 fully saturated rings. The first kappa shape index (κ1) is 18.2. The summed E-state index contributed by atoms with van der Waals surface area (Å²) in [5, 5.41) is 5.94. The van der Waals surface area contributed by atoms with E-state index in [0.717, 1.165) is 5.56 Å². The normalized spacial score (nSPS) is 15.7. The predicted octanol–water partition coefficient (Wildman–Crippen LogP) is 3.16. The quantitative estimate of drug-likeness (QED) is 0.889. The van der Waals surface area contributed by atoms with Crippen LogP contribution in [-0.2, 0) is 22.2 Å². The Morgan fingerprint density at radius 3 is 2.54 bits per heavy atom. The molecule has 1 aliphatic heterocycles. The van der Waals surface area contributed by atoms with Gasteiger partial charge >= 0.3 is 18.2 Å². The molecule has 1 aromatic carbocycles. The lowest BCUT2D eigenvalue weighted by Crippen LogP contribution is -2.32. The molecule has 26 heavy (non-hydrogen) atoms. The molecule has 2 aromatic rings. The van der Waals surface area contributed by atoms with Crippen LogP contribution in [0, 0.1) is 0 Å². The zero-order valence-corrected chi connectivity index (χ0v) is 13.6. The first-order chi connectivity index (χ1) is 12.4. The van der Waals surface area contributed by atoms with Crippen molar-refractivity contribution >= 4 is 6.09 Å². The average Bonchev–Trinajstić information content (AvgIpc) is 3.12. The molecule has 0 bridgehead atoms. The van der Waals surface area contributed by atoms with E-state index in [0.29, 0.717) is 31.6 Å². The predicted molar refractivity (Wildman–Crippen MR) is 81.9 cm³/mol. The number of nitrogens with one attached hydrogen (secondary N) is 1. The van der Waals surface area contributed by atoms with E-state index in [-0.39, 0.29) is 18.5 Å². The minimum atomic E-state index is -4.68. The number of halogens is 3. The van der Waals surface area contributed by atoms with Gasteiger partial charge in [-0.2, -0.15) is 18.2 Å². The zero-order chi connectivity index (χ0) is 18.6. The van der Waals surface area contributed by atoms with Gasteiger partial charge in [0, 0.05) is 24.9 Å². The second-order valence-corrected chi connectivity index (χ2v) is 5.69. The number of alkyl halides is 3. The number of nitrogens with zero attached hydrogens (tertiary/aromatic N) is 2. The minimum absolute atomic E-state index is 0.146. The Hall–Kier alpha value is -2.62. The van der Waals surface area contributed by atoms with E-state index >= 15 is 0 Å². The van der Waals surface area contributed by atoms with Crippen molar-refractivity contribution in [3.05, 3.63) is 35.7 Å². The summed E-state index contributed by atoms with van der Waals surface area (Å²) in [6, 6.07) is 6.39. The molecule has 7 nitrogen and oxygen atoms in total. The molecule has 0 aliphatic carbocycles. The summed E-state index contributed by atoms with van der Waals surface area (Å²) in [6.45, 7) is 1.37. The number of ether oxygens (including phenoxy) is 2. The van der Waals surface area contributed by atoms with Crippen molar-refractivity contribution in [3.63, 3.8) is 0 Å². The van der Waals surface area contributed by atoms with Crippen molar-refractivity contribution < 1.29 is 32.0 Å². The maximum Gasteiger partial charge on any atom is 0.471 e. The van der Waals surface area contributed by atoms with Crippen LogP contribution in [0.15, 0.2) is 28.8 Å². The number of amides is 1. The average molecular weight is 371 g/mol. The van der Waals surface area contributed by atoms with E-state index in [1.165, 1.54) is 0 Å². The van der Waals surface area contributed by atoms with Crippen LogP contribution >= 0.6 is 0 Å². The Bertz CT molecular complexity index is 740. The molecule has 0 unspecified atom stereocenters. The van der Waals surface area contributed by atoms with Gasteiger partial charge in [0.1, 0.15) is 6.10 Å². The summed E-state index contributed by atoms with van der Waals surface area (Å²) in [6.07, 6.45) is -4.00. The monoisotopic (exact) mass is 371 g/mol. The molecule has 10 heteroatoms. The molecule has 0 spiro atoms. The molecule has 0 atom stereocenters. The first-order valence-electron chi connectivity index (χ1n) is 7.94. The first-order valence-corrected chi connectivity index (χ1v) is 7.94. The van der Waals surface area contributed by atoms with Crippen LogP contribution in [0.3, 0.4) is 0 Å². The van der Waals surface area contributed by atoms with Crippen molar-refractivity contribution in [3.8, 4) is 11.4 Å². The summed E-state index contributed by atoms with van der Waals surface area (Å²) in [7, 11) is 0. The Morgan fingerprint density at radius 2 is 1.92 bits per heavy atom. The van der Waals surface area contributed by atoms with Gasteiger partial charge in [0.15, 0.2) is 0 Å². The second-order valence-electron chi connectivity index (χ2n) is 5.69. The van der Waals surface area contributed by atoms with Crippen LogP contribution in [0.25, 0.3) is 11.4 Å². The van der Waals surface area contributed by atoms with Crippen molar-refractivity contribution in [2.24, 2.45) is 0 Å². The lowest BCUT2D eigenvalue weighted by molar-refractivity contribution is -0.159. The fourth-order valence-electron chi connectivity index (χ4n) is 2.39. The van der Waals surface area contributed by atoms with Gasteiger partial charge in [-0.25, -0.2) is 4.79 Å². The molecule has 1 N–H and O–H groups in total. The highest BCUT2D eigenvalue weighted by atomic mass is 19.4. The van der Waals surface area contributed by atoms with Gasteiger partial charge in [0.05, 0.1) is 13.2 Å². The summed E-state index contributed by atoms with van der Waals surface area (Å²) in [5.41, 5.74) is 1.12. The maximum atomic E-state index is 12.5. The van der Waals surface area contributed by atoms with Gasteiger partial charge < -0.3 is 19.3 Å². The molecule has 1 saturated heterocycles. The van der Waals surface area contributed by atoms with E-state index in [1.807, 2.05) is 0 Å². The highest BCUT2D eigenvalue weighted by Gasteiger charge is 2.38. The van der Waals surface area contributed by atoms with E-state index in [1.54, 1.807) is 24.3 Å². The molecule has 2 heterocycles. The van der Waals surface area contributed by atoms with E-state index in [9.17, 15) is 18.0 Å². The van der Waals surface area contributed by atoms with Crippen molar-refractivity contribution in [1.82, 2.24) is 15.5 Å². The van der Waals surface area contributed by atoms with Gasteiger partial charge in [0.25, 0.3) is 0 Å². The van der Waals surface area contributed by atoms with Gasteiger partial charge in [-0.1, -0.05) is 29.4 Å². The Kier molecular flexibility index (Phi) is 5.40. The number of benzene rings is 1. The van der Waals surface area contributed by atoms with Crippen LogP contribution in [0.5, 0.6) is 0 Å². The van der Waals surface area contributed by atoms with Crippen molar-refractivity contribution in [1.29, 1.82) is 0 Å². The van der Waals surface area contributed by atoms with Crippen molar-refractivity contribution in [2.75, 3.05) is 13.2 Å². The van der Waals surface area contributed by atoms with Crippen LogP contribution in [0.4, 0.5) is 18.0 Å². The van der Waals surface area contributed by atoms with Crippen LogP contribution in [0.1, 0.15) is 24.3 Å². The molecule has 1 aromatic heterocycles. The molecule has 0 saturated carbocycles. The highest BCUT2D eigenvalue weighted by Crippen LogP contribution is 2.29. The summed E-state index contributed by atoms with van der Waals surface area (Å²) >= 11 is 0. The Morgan fingerprint density at radius 1 is 1.23 bits per heavy atom. The summed E-state index contributed by atoms with van der Waals surface area (Å²) in [4.78, 5) is 15.1. The third kappa shape index (κ3) is 4.72. The van der Waals surface area contributed by atoms with E-state index < -0.39 is 18.2 Å². The number of hydrogen-bond donors (Lipinski definition) is 1. The summed E-state index contributed by atoms with van der Waals surface area (Å²) in [5.74, 6) is -1.55. The molecular formula is C16H16F3N3O4. The number of aromatic nitrogens is 2. The van der Waals surface area contributed by atoms with E-state index in [4.69, 9.17) is 9.47 Å². The number of carbonyl (C=O) groups excluding carboxylic acids is 1. The van der Waals surface area contributed by atoms with Crippen LogP contribution < -0.4 is 5.32 Å². The molecule has 140 valence electrons. The van der Waals surface area contributed by atoms with Gasteiger partial charge in [-0.3, -0.25) is 0 Å². The van der Waals surface area contributed by atoms with E-state index in [2.05, 4.69) is 20.0 Å².